The van der Waals surface area contributed by atoms with Gasteiger partial charge < -0.3 is 15.0 Å². The van der Waals surface area contributed by atoms with Crippen LogP contribution in [0, 0.1) is 5.92 Å². The summed E-state index contributed by atoms with van der Waals surface area (Å²) in [5.41, 5.74) is 1.11. The molecule has 0 aliphatic carbocycles. The number of carbonyl (C=O) groups is 1. The van der Waals surface area contributed by atoms with Crippen LogP contribution < -0.4 is 10.1 Å². The Labute approximate surface area is 126 Å². The fourth-order valence-corrected chi connectivity index (χ4v) is 2.57. The molecule has 0 radical (unpaired) electrons. The SMILES string of the molecule is C=CCOc1ccc(CN(C)C(=O)C2CCCNC2)cc1. The number of benzene rings is 1. The summed E-state index contributed by atoms with van der Waals surface area (Å²) in [6.45, 7) is 6.60. The topological polar surface area (TPSA) is 41.6 Å². The number of amides is 1. The number of hydrogen-bond acceptors (Lipinski definition) is 3. The van der Waals surface area contributed by atoms with Gasteiger partial charge in [0.2, 0.25) is 5.91 Å². The Kier molecular flexibility index (Phi) is 5.81. The van der Waals surface area contributed by atoms with Crippen molar-refractivity contribution in [2.75, 3.05) is 26.7 Å². The average Bonchev–Trinajstić information content (AvgIpc) is 2.54. The second-order valence-electron chi connectivity index (χ2n) is 5.48. The third-order valence-corrected chi connectivity index (χ3v) is 3.73. The minimum Gasteiger partial charge on any atom is -0.490 e. The van der Waals surface area contributed by atoms with Gasteiger partial charge in [0.05, 0.1) is 5.92 Å². The number of hydrogen-bond donors (Lipinski definition) is 1. The van der Waals surface area contributed by atoms with Crippen molar-refractivity contribution in [2.45, 2.75) is 19.4 Å². The van der Waals surface area contributed by atoms with Gasteiger partial charge in [-0.25, -0.2) is 0 Å². The van der Waals surface area contributed by atoms with Gasteiger partial charge in [0.1, 0.15) is 12.4 Å². The van der Waals surface area contributed by atoms with Gasteiger partial charge in [0.25, 0.3) is 0 Å². The van der Waals surface area contributed by atoms with Crippen LogP contribution in [0.25, 0.3) is 0 Å². The highest BCUT2D eigenvalue weighted by atomic mass is 16.5. The first-order valence-corrected chi connectivity index (χ1v) is 7.49. The molecule has 1 unspecified atom stereocenters. The number of nitrogens with one attached hydrogen (secondary N) is 1. The third-order valence-electron chi connectivity index (χ3n) is 3.73. The molecule has 4 nitrogen and oxygen atoms in total. The number of piperidine rings is 1. The van der Waals surface area contributed by atoms with Gasteiger partial charge in [-0.05, 0) is 37.1 Å². The number of carbonyl (C=O) groups excluding carboxylic acids is 1. The lowest BCUT2D eigenvalue weighted by atomic mass is 9.98. The molecule has 1 heterocycles. The molecule has 1 atom stereocenters. The molecular weight excluding hydrogens is 264 g/mol. The van der Waals surface area contributed by atoms with E-state index in [1.54, 1.807) is 6.08 Å². The molecule has 21 heavy (non-hydrogen) atoms. The number of nitrogens with zero attached hydrogens (tertiary/aromatic N) is 1. The molecule has 1 saturated heterocycles. The quantitative estimate of drug-likeness (QED) is 0.816. The van der Waals surface area contributed by atoms with Crippen LogP contribution >= 0.6 is 0 Å². The molecule has 1 aliphatic heterocycles. The Balaban J connectivity index is 1.87. The summed E-state index contributed by atoms with van der Waals surface area (Å²) in [5.74, 6) is 1.18. The van der Waals surface area contributed by atoms with Crippen LogP contribution in [0.2, 0.25) is 0 Å². The van der Waals surface area contributed by atoms with Crippen molar-refractivity contribution in [3.05, 3.63) is 42.5 Å². The molecule has 1 N–H and O–H groups in total. The molecule has 1 aromatic rings. The molecule has 1 amide bonds. The van der Waals surface area contributed by atoms with Crippen LogP contribution in [0.5, 0.6) is 5.75 Å². The van der Waals surface area contributed by atoms with Gasteiger partial charge in [-0.2, -0.15) is 0 Å². The van der Waals surface area contributed by atoms with Gasteiger partial charge in [0.15, 0.2) is 0 Å². The van der Waals surface area contributed by atoms with Crippen molar-refractivity contribution in [1.29, 1.82) is 0 Å². The molecule has 0 aromatic heterocycles. The molecule has 1 aliphatic rings. The molecule has 4 heteroatoms. The highest BCUT2D eigenvalue weighted by Gasteiger charge is 2.23. The smallest absolute Gasteiger partial charge is 0.227 e. The van der Waals surface area contributed by atoms with E-state index in [0.29, 0.717) is 13.2 Å². The molecule has 0 bridgehead atoms. The van der Waals surface area contributed by atoms with E-state index in [-0.39, 0.29) is 11.8 Å². The first-order valence-electron chi connectivity index (χ1n) is 7.49. The molecule has 114 valence electrons. The Hall–Kier alpha value is -1.81. The van der Waals surface area contributed by atoms with Crippen LogP contribution in [0.3, 0.4) is 0 Å². The van der Waals surface area contributed by atoms with Crippen molar-refractivity contribution in [3.8, 4) is 5.75 Å². The summed E-state index contributed by atoms with van der Waals surface area (Å²) in [5, 5.41) is 3.29. The number of ether oxygens (including phenoxy) is 1. The molecule has 0 saturated carbocycles. The maximum absolute atomic E-state index is 12.4. The van der Waals surface area contributed by atoms with E-state index < -0.39 is 0 Å². The summed E-state index contributed by atoms with van der Waals surface area (Å²) >= 11 is 0. The van der Waals surface area contributed by atoms with Gasteiger partial charge in [-0.15, -0.1) is 0 Å². The lowest BCUT2D eigenvalue weighted by Gasteiger charge is -2.27. The summed E-state index contributed by atoms with van der Waals surface area (Å²) < 4.78 is 5.45. The van der Waals surface area contributed by atoms with Crippen LogP contribution in [-0.2, 0) is 11.3 Å². The monoisotopic (exact) mass is 288 g/mol. The standard InChI is InChI=1S/C17H24N2O2/c1-3-11-21-16-8-6-14(7-9-16)13-19(2)17(20)15-5-4-10-18-12-15/h3,6-9,15,18H,1,4-5,10-13H2,2H3. The molecule has 1 aromatic carbocycles. The predicted octanol–water partition coefficient (Wildman–Crippen LogP) is 2.21. The molecule has 1 fully saturated rings. The maximum atomic E-state index is 12.4. The number of rotatable bonds is 6. The summed E-state index contributed by atoms with van der Waals surface area (Å²) in [6.07, 6.45) is 3.79. The van der Waals surface area contributed by atoms with Gasteiger partial charge in [0, 0.05) is 20.1 Å². The Bertz CT molecular complexity index is 464. The lowest BCUT2D eigenvalue weighted by molar-refractivity contribution is -0.135. The van der Waals surface area contributed by atoms with Crippen molar-refractivity contribution in [2.24, 2.45) is 5.92 Å². The first kappa shape index (κ1) is 15.6. The third kappa shape index (κ3) is 4.60. The fourth-order valence-electron chi connectivity index (χ4n) is 2.57. The zero-order valence-corrected chi connectivity index (χ0v) is 12.7. The highest BCUT2D eigenvalue weighted by molar-refractivity contribution is 5.78. The van der Waals surface area contributed by atoms with Crippen molar-refractivity contribution >= 4 is 5.91 Å². The van der Waals surface area contributed by atoms with Crippen LogP contribution in [0.15, 0.2) is 36.9 Å². The van der Waals surface area contributed by atoms with Crippen LogP contribution in [0.4, 0.5) is 0 Å². The zero-order chi connectivity index (χ0) is 15.1. The minimum atomic E-state index is 0.124. The van der Waals surface area contributed by atoms with E-state index >= 15 is 0 Å². The lowest BCUT2D eigenvalue weighted by Crippen LogP contribution is -2.41. The normalized spacial score (nSPS) is 18.0. The minimum absolute atomic E-state index is 0.124. The average molecular weight is 288 g/mol. The van der Waals surface area contributed by atoms with Gasteiger partial charge in [-0.3, -0.25) is 4.79 Å². The van der Waals surface area contributed by atoms with Crippen molar-refractivity contribution in [3.63, 3.8) is 0 Å². The largest absolute Gasteiger partial charge is 0.490 e. The Morgan fingerprint density at radius 2 is 2.24 bits per heavy atom. The molecular formula is C17H24N2O2. The summed E-state index contributed by atoms with van der Waals surface area (Å²) in [7, 11) is 1.87. The van der Waals surface area contributed by atoms with E-state index in [0.717, 1.165) is 37.2 Å². The van der Waals surface area contributed by atoms with Crippen LogP contribution in [0.1, 0.15) is 18.4 Å². The molecule has 2 rings (SSSR count). The molecule has 0 spiro atoms. The first-order chi connectivity index (χ1) is 10.2. The highest BCUT2D eigenvalue weighted by Crippen LogP contribution is 2.16. The summed E-state index contributed by atoms with van der Waals surface area (Å²) in [4.78, 5) is 14.2. The van der Waals surface area contributed by atoms with Crippen molar-refractivity contribution < 1.29 is 9.53 Å². The van der Waals surface area contributed by atoms with E-state index in [1.807, 2.05) is 36.2 Å². The van der Waals surface area contributed by atoms with Gasteiger partial charge in [-0.1, -0.05) is 24.8 Å². The second-order valence-corrected chi connectivity index (χ2v) is 5.48. The zero-order valence-electron chi connectivity index (χ0n) is 12.7. The van der Waals surface area contributed by atoms with Crippen molar-refractivity contribution in [1.82, 2.24) is 10.2 Å². The van der Waals surface area contributed by atoms with E-state index in [4.69, 9.17) is 4.74 Å². The van der Waals surface area contributed by atoms with Crippen LogP contribution in [-0.4, -0.2) is 37.6 Å². The maximum Gasteiger partial charge on any atom is 0.227 e. The van der Waals surface area contributed by atoms with E-state index in [1.165, 1.54) is 0 Å². The Morgan fingerprint density at radius 3 is 2.86 bits per heavy atom. The summed E-state index contributed by atoms with van der Waals surface area (Å²) in [6, 6.07) is 7.86. The van der Waals surface area contributed by atoms with E-state index in [9.17, 15) is 4.79 Å². The second kappa shape index (κ2) is 7.84. The Morgan fingerprint density at radius 1 is 1.48 bits per heavy atom. The fraction of sp³-hybridized carbons (Fsp3) is 0.471. The van der Waals surface area contributed by atoms with E-state index in [2.05, 4.69) is 11.9 Å². The predicted molar refractivity (Wildman–Crippen MR) is 84.2 cm³/mol. The van der Waals surface area contributed by atoms with Gasteiger partial charge >= 0.3 is 0 Å².